The Balaban J connectivity index is 2.53. The van der Waals surface area contributed by atoms with Crippen molar-refractivity contribution in [1.29, 1.82) is 0 Å². The quantitative estimate of drug-likeness (QED) is 0.643. The van der Waals surface area contributed by atoms with Crippen LogP contribution in [0.3, 0.4) is 0 Å². The summed E-state index contributed by atoms with van der Waals surface area (Å²) in [5.41, 5.74) is 3.06. The number of hydrogen-bond acceptors (Lipinski definition) is 1. The molecule has 65 valence electrons. The summed E-state index contributed by atoms with van der Waals surface area (Å²) in [6, 6.07) is 13.2. The zero-order chi connectivity index (χ0) is 9.26. The van der Waals surface area contributed by atoms with Crippen LogP contribution in [0.5, 0.6) is 0 Å². The molecule has 2 rings (SSSR count). The third kappa shape index (κ3) is 1.47. The Morgan fingerprint density at radius 2 is 1.85 bits per heavy atom. The minimum absolute atomic E-state index is 0.932. The fourth-order valence-corrected chi connectivity index (χ4v) is 1.39. The van der Waals surface area contributed by atoms with Gasteiger partial charge in [-0.1, -0.05) is 18.2 Å². The SMILES string of the molecule is Cc1[c]c(C)n(-c2ccccc2)n1. The maximum absolute atomic E-state index is 4.34. The number of hydrogen-bond donors (Lipinski definition) is 0. The van der Waals surface area contributed by atoms with E-state index in [1.165, 1.54) is 0 Å². The molecule has 1 aromatic heterocycles. The fourth-order valence-electron chi connectivity index (χ4n) is 1.39. The fraction of sp³-hybridized carbons (Fsp3) is 0.182. The molecule has 0 bridgehead atoms. The second kappa shape index (κ2) is 3.05. The van der Waals surface area contributed by atoms with Crippen LogP contribution < -0.4 is 0 Å². The molecule has 0 N–H and O–H groups in total. The minimum atomic E-state index is 0.932. The van der Waals surface area contributed by atoms with Crippen molar-refractivity contribution >= 4 is 0 Å². The number of benzene rings is 1. The van der Waals surface area contributed by atoms with Gasteiger partial charge < -0.3 is 0 Å². The first-order valence-electron chi connectivity index (χ1n) is 4.28. The normalized spacial score (nSPS) is 10.3. The Bertz CT molecular complexity index is 401. The molecule has 0 atom stereocenters. The van der Waals surface area contributed by atoms with Crippen molar-refractivity contribution in [1.82, 2.24) is 9.78 Å². The second-order valence-electron chi connectivity index (χ2n) is 3.04. The van der Waals surface area contributed by atoms with Gasteiger partial charge in [0.2, 0.25) is 0 Å². The topological polar surface area (TPSA) is 17.8 Å². The van der Waals surface area contributed by atoms with E-state index in [-0.39, 0.29) is 0 Å². The van der Waals surface area contributed by atoms with Gasteiger partial charge >= 0.3 is 0 Å². The molecule has 0 aliphatic carbocycles. The summed E-state index contributed by atoms with van der Waals surface area (Å²) >= 11 is 0. The number of aryl methyl sites for hydroxylation is 2. The lowest BCUT2D eigenvalue weighted by atomic mass is 10.3. The van der Waals surface area contributed by atoms with Crippen molar-refractivity contribution in [2.75, 3.05) is 0 Å². The Hall–Kier alpha value is -1.57. The lowest BCUT2D eigenvalue weighted by molar-refractivity contribution is 0.833. The van der Waals surface area contributed by atoms with Gasteiger partial charge in [-0.25, -0.2) is 4.68 Å². The van der Waals surface area contributed by atoms with Crippen molar-refractivity contribution in [2.45, 2.75) is 13.8 Å². The first-order chi connectivity index (χ1) is 6.27. The maximum Gasteiger partial charge on any atom is 0.0680 e. The van der Waals surface area contributed by atoms with E-state index in [9.17, 15) is 0 Å². The third-order valence-electron chi connectivity index (χ3n) is 1.93. The van der Waals surface area contributed by atoms with Crippen molar-refractivity contribution in [3.63, 3.8) is 0 Å². The van der Waals surface area contributed by atoms with Crippen LogP contribution in [0, 0.1) is 19.9 Å². The average molecular weight is 171 g/mol. The molecule has 0 amide bonds. The van der Waals surface area contributed by atoms with Crippen molar-refractivity contribution in [3.8, 4) is 5.69 Å². The van der Waals surface area contributed by atoms with Gasteiger partial charge in [0.05, 0.1) is 11.4 Å². The summed E-state index contributed by atoms with van der Waals surface area (Å²) in [5.74, 6) is 0. The lowest BCUT2D eigenvalue weighted by Gasteiger charge is -2.02. The molecule has 0 spiro atoms. The third-order valence-corrected chi connectivity index (χ3v) is 1.93. The summed E-state index contributed by atoms with van der Waals surface area (Å²) in [7, 11) is 0. The van der Waals surface area contributed by atoms with Gasteiger partial charge in [-0.2, -0.15) is 5.10 Å². The van der Waals surface area contributed by atoms with Gasteiger partial charge in [0.25, 0.3) is 0 Å². The molecule has 0 unspecified atom stereocenters. The highest BCUT2D eigenvalue weighted by Gasteiger charge is 2.01. The van der Waals surface area contributed by atoms with E-state index < -0.39 is 0 Å². The zero-order valence-corrected chi connectivity index (χ0v) is 7.78. The molecular weight excluding hydrogens is 160 g/mol. The van der Waals surface area contributed by atoms with E-state index in [0.717, 1.165) is 17.1 Å². The first-order valence-corrected chi connectivity index (χ1v) is 4.28. The van der Waals surface area contributed by atoms with Gasteiger partial charge in [0.15, 0.2) is 0 Å². The summed E-state index contributed by atoms with van der Waals surface area (Å²) in [4.78, 5) is 0. The highest BCUT2D eigenvalue weighted by molar-refractivity contribution is 5.32. The van der Waals surface area contributed by atoms with Crippen LogP contribution in [0.1, 0.15) is 11.4 Å². The molecule has 1 radical (unpaired) electrons. The van der Waals surface area contributed by atoms with Crippen LogP contribution >= 0.6 is 0 Å². The number of nitrogens with zero attached hydrogens (tertiary/aromatic N) is 2. The molecule has 0 fully saturated rings. The molecule has 2 aromatic rings. The van der Waals surface area contributed by atoms with Crippen LogP contribution in [0.15, 0.2) is 30.3 Å². The Labute approximate surface area is 77.8 Å². The van der Waals surface area contributed by atoms with Crippen molar-refractivity contribution in [2.24, 2.45) is 0 Å². The monoisotopic (exact) mass is 171 g/mol. The van der Waals surface area contributed by atoms with E-state index in [0.29, 0.717) is 0 Å². The molecule has 0 saturated heterocycles. The van der Waals surface area contributed by atoms with Gasteiger partial charge in [-0.05, 0) is 26.0 Å². The summed E-state index contributed by atoms with van der Waals surface area (Å²) < 4.78 is 1.90. The van der Waals surface area contributed by atoms with Gasteiger partial charge in [0.1, 0.15) is 0 Å². The van der Waals surface area contributed by atoms with Crippen LogP contribution in [-0.2, 0) is 0 Å². The molecule has 1 heterocycles. The van der Waals surface area contributed by atoms with Gasteiger partial charge in [-0.15, -0.1) is 0 Å². The van der Waals surface area contributed by atoms with Crippen molar-refractivity contribution in [3.05, 3.63) is 47.8 Å². The smallest absolute Gasteiger partial charge is 0.0680 e. The largest absolute Gasteiger partial charge is 0.237 e. The molecular formula is C11H11N2. The average Bonchev–Trinajstić information content (AvgIpc) is 2.47. The number of aromatic nitrogens is 2. The molecule has 0 aliphatic heterocycles. The van der Waals surface area contributed by atoms with E-state index >= 15 is 0 Å². The zero-order valence-electron chi connectivity index (χ0n) is 7.78. The summed E-state index contributed by atoms with van der Waals surface area (Å²) in [6.07, 6.45) is 0. The highest BCUT2D eigenvalue weighted by Crippen LogP contribution is 2.09. The van der Waals surface area contributed by atoms with Gasteiger partial charge in [0, 0.05) is 11.8 Å². The van der Waals surface area contributed by atoms with E-state index in [1.807, 2.05) is 48.9 Å². The standard InChI is InChI=1S/C11H11N2/c1-9-8-10(2)13(12-9)11-6-4-3-5-7-11/h3-7H,1-2H3. The van der Waals surface area contributed by atoms with E-state index in [4.69, 9.17) is 0 Å². The van der Waals surface area contributed by atoms with E-state index in [1.54, 1.807) is 0 Å². The number of para-hydroxylation sites is 1. The maximum atomic E-state index is 4.34. The molecule has 13 heavy (non-hydrogen) atoms. The van der Waals surface area contributed by atoms with Crippen LogP contribution in [0.4, 0.5) is 0 Å². The van der Waals surface area contributed by atoms with Crippen LogP contribution in [-0.4, -0.2) is 9.78 Å². The number of rotatable bonds is 1. The predicted molar refractivity (Wildman–Crippen MR) is 51.9 cm³/mol. The summed E-state index contributed by atoms with van der Waals surface area (Å²) in [5, 5.41) is 4.34. The molecule has 2 heteroatoms. The van der Waals surface area contributed by atoms with Crippen LogP contribution in [0.25, 0.3) is 5.69 Å². The highest BCUT2D eigenvalue weighted by atomic mass is 15.3. The molecule has 2 nitrogen and oxygen atoms in total. The minimum Gasteiger partial charge on any atom is -0.237 e. The lowest BCUT2D eigenvalue weighted by Crippen LogP contribution is -1.97. The summed E-state index contributed by atoms with van der Waals surface area (Å²) in [6.45, 7) is 3.96. The van der Waals surface area contributed by atoms with E-state index in [2.05, 4.69) is 11.2 Å². The Morgan fingerprint density at radius 1 is 1.15 bits per heavy atom. The Morgan fingerprint density at radius 3 is 2.38 bits per heavy atom. The van der Waals surface area contributed by atoms with Crippen molar-refractivity contribution < 1.29 is 0 Å². The predicted octanol–water partition coefficient (Wildman–Crippen LogP) is 2.29. The molecule has 0 aliphatic rings. The second-order valence-corrected chi connectivity index (χ2v) is 3.04. The molecule has 0 saturated carbocycles. The molecule has 1 aromatic carbocycles. The van der Waals surface area contributed by atoms with Crippen LogP contribution in [0.2, 0.25) is 0 Å². The Kier molecular flexibility index (Phi) is 1.89. The van der Waals surface area contributed by atoms with Gasteiger partial charge in [-0.3, -0.25) is 0 Å². The first kappa shape index (κ1) is 8.05.